The van der Waals surface area contributed by atoms with Crippen LogP contribution in [0.3, 0.4) is 0 Å². The van der Waals surface area contributed by atoms with Crippen LogP contribution >= 0.6 is 11.3 Å². The number of carboxylic acid groups (broad SMARTS) is 1. The number of aromatic nitrogens is 1. The molecule has 3 rings (SSSR count). The fourth-order valence-electron chi connectivity index (χ4n) is 2.31. The van der Waals surface area contributed by atoms with Gasteiger partial charge >= 0.3 is 5.97 Å². The van der Waals surface area contributed by atoms with E-state index in [9.17, 15) is 14.3 Å². The topological polar surface area (TPSA) is 62.7 Å². The molecule has 0 aliphatic carbocycles. The minimum atomic E-state index is -0.978. The Bertz CT molecular complexity index is 666. The summed E-state index contributed by atoms with van der Waals surface area (Å²) in [5.74, 6) is -1.29. The van der Waals surface area contributed by atoms with Crippen molar-refractivity contribution in [3.8, 4) is 0 Å². The number of benzene rings is 1. The summed E-state index contributed by atoms with van der Waals surface area (Å²) in [6, 6.07) is 6.03. The van der Waals surface area contributed by atoms with E-state index in [0.717, 1.165) is 5.56 Å². The van der Waals surface area contributed by atoms with E-state index in [1.165, 1.54) is 23.5 Å². The summed E-state index contributed by atoms with van der Waals surface area (Å²) in [6.45, 7) is 2.66. The van der Waals surface area contributed by atoms with Crippen LogP contribution in [0.25, 0.3) is 0 Å². The molecular formula is C15H15FN2O3S. The number of aromatic carboxylic acids is 1. The Morgan fingerprint density at radius 2 is 2.00 bits per heavy atom. The minimum absolute atomic E-state index is 0.241. The fourth-order valence-corrected chi connectivity index (χ4v) is 3.28. The Hall–Kier alpha value is -1.99. The van der Waals surface area contributed by atoms with Crippen molar-refractivity contribution in [2.75, 3.05) is 31.2 Å². The standard InChI is InChI=1S/C15H15FN2O3S/c16-11-3-1-10(2-4-11)9-12-13(14(19)20)22-15(17-12)18-5-7-21-8-6-18/h1-4H,5-9H2,(H,19,20). The summed E-state index contributed by atoms with van der Waals surface area (Å²) in [7, 11) is 0. The number of nitrogens with zero attached hydrogens (tertiary/aromatic N) is 2. The molecule has 0 atom stereocenters. The van der Waals surface area contributed by atoms with Gasteiger partial charge in [0.2, 0.25) is 0 Å². The zero-order valence-corrected chi connectivity index (χ0v) is 12.6. The van der Waals surface area contributed by atoms with E-state index in [1.807, 2.05) is 4.90 Å². The molecule has 7 heteroatoms. The second-order valence-electron chi connectivity index (χ2n) is 4.98. The van der Waals surface area contributed by atoms with E-state index < -0.39 is 5.97 Å². The maximum atomic E-state index is 13.0. The predicted octanol–water partition coefficient (Wildman–Crippen LogP) is 2.41. The van der Waals surface area contributed by atoms with Gasteiger partial charge in [0, 0.05) is 19.5 Å². The molecule has 0 spiro atoms. The van der Waals surface area contributed by atoms with Gasteiger partial charge in [-0.3, -0.25) is 0 Å². The largest absolute Gasteiger partial charge is 0.477 e. The third-order valence-electron chi connectivity index (χ3n) is 3.45. The molecule has 22 heavy (non-hydrogen) atoms. The first-order chi connectivity index (χ1) is 10.6. The van der Waals surface area contributed by atoms with Crippen LogP contribution in [0.2, 0.25) is 0 Å². The van der Waals surface area contributed by atoms with E-state index in [2.05, 4.69) is 4.98 Å². The Balaban J connectivity index is 1.86. The van der Waals surface area contributed by atoms with Gasteiger partial charge in [0.1, 0.15) is 10.7 Å². The summed E-state index contributed by atoms with van der Waals surface area (Å²) in [5, 5.41) is 10.1. The third kappa shape index (κ3) is 3.26. The van der Waals surface area contributed by atoms with Crippen LogP contribution in [0, 0.1) is 5.82 Å². The van der Waals surface area contributed by atoms with Gasteiger partial charge in [-0.05, 0) is 17.7 Å². The van der Waals surface area contributed by atoms with Gasteiger partial charge < -0.3 is 14.7 Å². The number of carboxylic acids is 1. The second-order valence-corrected chi connectivity index (χ2v) is 5.96. The number of morpholine rings is 1. The van der Waals surface area contributed by atoms with Gasteiger partial charge in [-0.25, -0.2) is 14.2 Å². The highest BCUT2D eigenvalue weighted by Gasteiger charge is 2.22. The molecular weight excluding hydrogens is 307 g/mol. The normalized spacial score (nSPS) is 15.0. The first-order valence-corrected chi connectivity index (χ1v) is 7.75. The lowest BCUT2D eigenvalue weighted by atomic mass is 10.1. The van der Waals surface area contributed by atoms with Crippen molar-refractivity contribution in [3.63, 3.8) is 0 Å². The zero-order chi connectivity index (χ0) is 15.5. The van der Waals surface area contributed by atoms with Gasteiger partial charge in [-0.15, -0.1) is 0 Å². The number of carbonyl (C=O) groups is 1. The molecule has 2 aromatic rings. The Morgan fingerprint density at radius 3 is 2.64 bits per heavy atom. The number of hydrogen-bond donors (Lipinski definition) is 1. The van der Waals surface area contributed by atoms with E-state index in [-0.39, 0.29) is 10.7 Å². The van der Waals surface area contributed by atoms with Crippen molar-refractivity contribution in [2.24, 2.45) is 0 Å². The average Bonchev–Trinajstić information content (AvgIpc) is 2.95. The number of hydrogen-bond acceptors (Lipinski definition) is 5. The SMILES string of the molecule is O=C(O)c1sc(N2CCOCC2)nc1Cc1ccc(F)cc1. The first-order valence-electron chi connectivity index (χ1n) is 6.93. The van der Waals surface area contributed by atoms with E-state index in [1.54, 1.807) is 12.1 Å². The summed E-state index contributed by atoms with van der Waals surface area (Å²) in [4.78, 5) is 18.2. The van der Waals surface area contributed by atoms with E-state index in [4.69, 9.17) is 4.74 Å². The molecule has 0 saturated carbocycles. The molecule has 2 heterocycles. The molecule has 0 bridgehead atoms. The second kappa shape index (κ2) is 6.41. The van der Waals surface area contributed by atoms with Gasteiger partial charge in [-0.1, -0.05) is 23.5 Å². The fraction of sp³-hybridized carbons (Fsp3) is 0.333. The first kappa shape index (κ1) is 14.9. The highest BCUT2D eigenvalue weighted by molar-refractivity contribution is 7.17. The third-order valence-corrected chi connectivity index (χ3v) is 4.59. The lowest BCUT2D eigenvalue weighted by Gasteiger charge is -2.26. The molecule has 0 radical (unpaired) electrons. The quantitative estimate of drug-likeness (QED) is 0.936. The highest BCUT2D eigenvalue weighted by atomic mass is 32.1. The molecule has 1 N–H and O–H groups in total. The number of thiazole rings is 1. The van der Waals surface area contributed by atoms with Gasteiger partial charge in [0.15, 0.2) is 5.13 Å². The molecule has 1 aliphatic heterocycles. The van der Waals surface area contributed by atoms with Crippen LogP contribution in [0.15, 0.2) is 24.3 Å². The van der Waals surface area contributed by atoms with Crippen LogP contribution < -0.4 is 4.90 Å². The van der Waals surface area contributed by atoms with Crippen molar-refractivity contribution < 1.29 is 19.0 Å². The Kier molecular flexibility index (Phi) is 4.35. The molecule has 5 nitrogen and oxygen atoms in total. The van der Waals surface area contributed by atoms with Crippen LogP contribution in [0.5, 0.6) is 0 Å². The molecule has 0 unspecified atom stereocenters. The summed E-state index contributed by atoms with van der Waals surface area (Å²) in [5.41, 5.74) is 1.35. The summed E-state index contributed by atoms with van der Waals surface area (Å²) < 4.78 is 18.2. The Labute approximate surface area is 131 Å². The number of rotatable bonds is 4. The summed E-state index contributed by atoms with van der Waals surface area (Å²) in [6.07, 6.45) is 0.378. The van der Waals surface area contributed by atoms with Crippen molar-refractivity contribution in [3.05, 3.63) is 46.2 Å². The Morgan fingerprint density at radius 1 is 1.32 bits per heavy atom. The monoisotopic (exact) mass is 322 g/mol. The average molecular weight is 322 g/mol. The molecule has 1 aliphatic rings. The molecule has 0 amide bonds. The van der Waals surface area contributed by atoms with Crippen LogP contribution in [0.4, 0.5) is 9.52 Å². The molecule has 1 aromatic heterocycles. The van der Waals surface area contributed by atoms with E-state index >= 15 is 0 Å². The van der Waals surface area contributed by atoms with Crippen molar-refractivity contribution in [1.29, 1.82) is 0 Å². The molecule has 1 aromatic carbocycles. The lowest BCUT2D eigenvalue weighted by Crippen LogP contribution is -2.36. The smallest absolute Gasteiger partial charge is 0.347 e. The van der Waals surface area contributed by atoms with Crippen molar-refractivity contribution in [2.45, 2.75) is 6.42 Å². The summed E-state index contributed by atoms with van der Waals surface area (Å²) >= 11 is 1.18. The minimum Gasteiger partial charge on any atom is -0.477 e. The molecule has 116 valence electrons. The molecule has 1 fully saturated rings. The van der Waals surface area contributed by atoms with Crippen molar-refractivity contribution >= 4 is 22.4 Å². The predicted molar refractivity (Wildman–Crippen MR) is 81.3 cm³/mol. The van der Waals surface area contributed by atoms with Crippen LogP contribution in [-0.2, 0) is 11.2 Å². The number of ether oxygens (including phenoxy) is 1. The highest BCUT2D eigenvalue weighted by Crippen LogP contribution is 2.28. The van der Waals surface area contributed by atoms with Gasteiger partial charge in [0.05, 0.1) is 18.9 Å². The molecule has 1 saturated heterocycles. The van der Waals surface area contributed by atoms with Crippen molar-refractivity contribution in [1.82, 2.24) is 4.98 Å². The zero-order valence-electron chi connectivity index (χ0n) is 11.8. The van der Waals surface area contributed by atoms with Gasteiger partial charge in [-0.2, -0.15) is 0 Å². The van der Waals surface area contributed by atoms with Crippen LogP contribution in [0.1, 0.15) is 20.9 Å². The number of anilines is 1. The van der Waals surface area contributed by atoms with Gasteiger partial charge in [0.25, 0.3) is 0 Å². The van der Waals surface area contributed by atoms with E-state index in [0.29, 0.717) is 43.5 Å². The maximum absolute atomic E-state index is 13.0. The lowest BCUT2D eigenvalue weighted by molar-refractivity contribution is 0.0701. The maximum Gasteiger partial charge on any atom is 0.347 e. The van der Waals surface area contributed by atoms with Crippen LogP contribution in [-0.4, -0.2) is 42.4 Å². The number of halogens is 1.